The summed E-state index contributed by atoms with van der Waals surface area (Å²) >= 11 is 0. The fraction of sp³-hybridized carbons (Fsp3) is 0.353. The number of amides is 1. The first-order chi connectivity index (χ1) is 11.7. The smallest absolute Gasteiger partial charge is 0.344 e. The van der Waals surface area contributed by atoms with Crippen LogP contribution in [0.1, 0.15) is 48.5 Å². The second-order valence-electron chi connectivity index (χ2n) is 5.82. The molecule has 134 valence electrons. The minimum Gasteiger partial charge on any atom is -0.449 e. The number of esters is 1. The van der Waals surface area contributed by atoms with Crippen LogP contribution in [0.4, 0.5) is 14.5 Å². The highest BCUT2D eigenvalue weighted by Crippen LogP contribution is 2.23. The molecule has 1 amide bonds. The van der Waals surface area contributed by atoms with Crippen LogP contribution in [0.15, 0.2) is 22.7 Å². The van der Waals surface area contributed by atoms with Gasteiger partial charge in [0.1, 0.15) is 17.2 Å². The normalized spacial score (nSPS) is 12.1. The average molecular weight is 352 g/mol. The molecule has 0 fully saturated rings. The molecule has 0 saturated heterocycles. The molecular formula is C17H18F2N2O4. The summed E-state index contributed by atoms with van der Waals surface area (Å²) in [6, 6.07) is 2.73. The van der Waals surface area contributed by atoms with E-state index in [1.807, 2.05) is 13.8 Å². The lowest BCUT2D eigenvalue weighted by molar-refractivity contribution is -0.123. The van der Waals surface area contributed by atoms with Gasteiger partial charge in [-0.1, -0.05) is 19.0 Å². The number of halogens is 2. The van der Waals surface area contributed by atoms with E-state index < -0.39 is 29.6 Å². The SMILES string of the molecule is Cc1noc(C(C)C)c1C(=O)O[C@@H](C)C(=O)Nc1ccc(F)cc1F. The van der Waals surface area contributed by atoms with Gasteiger partial charge in [-0.3, -0.25) is 4.79 Å². The van der Waals surface area contributed by atoms with Crippen molar-refractivity contribution in [2.45, 2.75) is 39.7 Å². The molecule has 0 saturated carbocycles. The Morgan fingerprint density at radius 2 is 1.92 bits per heavy atom. The van der Waals surface area contributed by atoms with Gasteiger partial charge in [-0.25, -0.2) is 13.6 Å². The number of nitrogens with one attached hydrogen (secondary N) is 1. The Hall–Kier alpha value is -2.77. The van der Waals surface area contributed by atoms with Crippen LogP contribution in [0.5, 0.6) is 0 Å². The molecule has 2 rings (SSSR count). The van der Waals surface area contributed by atoms with Crippen molar-refractivity contribution >= 4 is 17.6 Å². The molecule has 1 aromatic carbocycles. The Bertz CT molecular complexity index is 802. The van der Waals surface area contributed by atoms with Gasteiger partial charge < -0.3 is 14.6 Å². The zero-order chi connectivity index (χ0) is 18.7. The molecule has 1 heterocycles. The van der Waals surface area contributed by atoms with E-state index in [9.17, 15) is 18.4 Å². The van der Waals surface area contributed by atoms with E-state index in [1.54, 1.807) is 6.92 Å². The average Bonchev–Trinajstić information content (AvgIpc) is 2.91. The maximum atomic E-state index is 13.6. The highest BCUT2D eigenvalue weighted by atomic mass is 19.1. The molecule has 0 radical (unpaired) electrons. The molecular weight excluding hydrogens is 334 g/mol. The maximum absolute atomic E-state index is 13.6. The van der Waals surface area contributed by atoms with Crippen molar-refractivity contribution in [1.29, 1.82) is 0 Å². The quantitative estimate of drug-likeness (QED) is 0.832. The number of hydrogen-bond acceptors (Lipinski definition) is 5. The summed E-state index contributed by atoms with van der Waals surface area (Å²) in [7, 11) is 0. The Morgan fingerprint density at radius 3 is 2.52 bits per heavy atom. The lowest BCUT2D eigenvalue weighted by atomic mass is 10.1. The van der Waals surface area contributed by atoms with E-state index in [-0.39, 0.29) is 17.2 Å². The van der Waals surface area contributed by atoms with Gasteiger partial charge in [0.25, 0.3) is 5.91 Å². The Morgan fingerprint density at radius 1 is 1.24 bits per heavy atom. The second kappa shape index (κ2) is 7.42. The van der Waals surface area contributed by atoms with Gasteiger partial charge in [0, 0.05) is 12.0 Å². The van der Waals surface area contributed by atoms with Crippen molar-refractivity contribution in [3.05, 3.63) is 46.9 Å². The number of hydrogen-bond donors (Lipinski definition) is 1. The lowest BCUT2D eigenvalue weighted by Gasteiger charge is -2.14. The molecule has 2 aromatic rings. The molecule has 6 nitrogen and oxygen atoms in total. The summed E-state index contributed by atoms with van der Waals surface area (Å²) in [5.74, 6) is -2.94. The standard InChI is InChI=1S/C17H18F2N2O4/c1-8(2)15-14(9(3)21-25-15)17(23)24-10(4)16(22)20-13-6-5-11(18)7-12(13)19/h5-8,10H,1-4H3,(H,20,22)/t10-/m0/s1. The monoisotopic (exact) mass is 352 g/mol. The third kappa shape index (κ3) is 4.20. The summed E-state index contributed by atoms with van der Waals surface area (Å²) in [5, 5.41) is 5.98. The first kappa shape index (κ1) is 18.6. The van der Waals surface area contributed by atoms with E-state index in [4.69, 9.17) is 9.26 Å². The molecule has 1 aromatic heterocycles. The van der Waals surface area contributed by atoms with Crippen LogP contribution in [-0.2, 0) is 9.53 Å². The molecule has 1 atom stereocenters. The van der Waals surface area contributed by atoms with Crippen LogP contribution in [0.25, 0.3) is 0 Å². The van der Waals surface area contributed by atoms with E-state index in [0.717, 1.165) is 12.1 Å². The Labute approximate surface area is 143 Å². The van der Waals surface area contributed by atoms with E-state index in [0.29, 0.717) is 17.5 Å². The Kier molecular flexibility index (Phi) is 5.51. The topological polar surface area (TPSA) is 81.4 Å². The van der Waals surface area contributed by atoms with Crippen LogP contribution in [0.2, 0.25) is 0 Å². The van der Waals surface area contributed by atoms with E-state index in [2.05, 4.69) is 10.5 Å². The molecule has 0 aliphatic carbocycles. The predicted molar refractivity (Wildman–Crippen MR) is 85.2 cm³/mol. The van der Waals surface area contributed by atoms with Crippen molar-refractivity contribution in [2.75, 3.05) is 5.32 Å². The third-order valence-electron chi connectivity index (χ3n) is 3.46. The van der Waals surface area contributed by atoms with Crippen molar-refractivity contribution in [2.24, 2.45) is 0 Å². The maximum Gasteiger partial charge on any atom is 0.344 e. The highest BCUT2D eigenvalue weighted by Gasteiger charge is 2.27. The summed E-state index contributed by atoms with van der Waals surface area (Å²) in [6.45, 7) is 6.57. The van der Waals surface area contributed by atoms with Crippen LogP contribution < -0.4 is 5.32 Å². The first-order valence-electron chi connectivity index (χ1n) is 7.63. The highest BCUT2D eigenvalue weighted by molar-refractivity contribution is 5.98. The fourth-order valence-corrected chi connectivity index (χ4v) is 2.13. The third-order valence-corrected chi connectivity index (χ3v) is 3.46. The second-order valence-corrected chi connectivity index (χ2v) is 5.82. The molecule has 8 heteroatoms. The zero-order valence-corrected chi connectivity index (χ0v) is 14.2. The fourth-order valence-electron chi connectivity index (χ4n) is 2.13. The minimum absolute atomic E-state index is 0.0961. The summed E-state index contributed by atoms with van der Waals surface area (Å²) in [5.41, 5.74) is 0.312. The molecule has 0 aliphatic rings. The number of rotatable bonds is 5. The van der Waals surface area contributed by atoms with Gasteiger partial charge in [0.05, 0.1) is 11.4 Å². The number of nitrogens with zero attached hydrogens (tertiary/aromatic N) is 1. The number of carbonyl (C=O) groups is 2. The number of aromatic nitrogens is 1. The van der Waals surface area contributed by atoms with Crippen LogP contribution in [-0.4, -0.2) is 23.1 Å². The Balaban J connectivity index is 2.08. The molecule has 25 heavy (non-hydrogen) atoms. The molecule has 0 bridgehead atoms. The molecule has 0 unspecified atom stereocenters. The van der Waals surface area contributed by atoms with Crippen LogP contribution in [0.3, 0.4) is 0 Å². The summed E-state index contributed by atoms with van der Waals surface area (Å²) in [6.07, 6.45) is -1.20. The molecule has 1 N–H and O–H groups in total. The lowest BCUT2D eigenvalue weighted by Crippen LogP contribution is -2.30. The summed E-state index contributed by atoms with van der Waals surface area (Å²) < 4.78 is 36.7. The van der Waals surface area contributed by atoms with Crippen molar-refractivity contribution in [1.82, 2.24) is 5.16 Å². The van der Waals surface area contributed by atoms with Gasteiger partial charge in [-0.2, -0.15) is 0 Å². The molecule has 0 aliphatic heterocycles. The number of carbonyl (C=O) groups excluding carboxylic acids is 2. The predicted octanol–water partition coefficient (Wildman–Crippen LogP) is 3.57. The van der Waals surface area contributed by atoms with Gasteiger partial charge in [0.2, 0.25) is 0 Å². The zero-order valence-electron chi connectivity index (χ0n) is 14.2. The van der Waals surface area contributed by atoms with Crippen molar-refractivity contribution in [3.63, 3.8) is 0 Å². The van der Waals surface area contributed by atoms with Crippen molar-refractivity contribution in [3.8, 4) is 0 Å². The van der Waals surface area contributed by atoms with Gasteiger partial charge in [0.15, 0.2) is 11.9 Å². The van der Waals surface area contributed by atoms with E-state index in [1.165, 1.54) is 6.92 Å². The largest absolute Gasteiger partial charge is 0.449 e. The van der Waals surface area contributed by atoms with Crippen molar-refractivity contribution < 1.29 is 27.6 Å². The van der Waals surface area contributed by atoms with Gasteiger partial charge >= 0.3 is 5.97 Å². The van der Waals surface area contributed by atoms with E-state index >= 15 is 0 Å². The van der Waals surface area contributed by atoms with Crippen LogP contribution >= 0.6 is 0 Å². The number of benzene rings is 1. The minimum atomic E-state index is -1.20. The number of aryl methyl sites for hydroxylation is 1. The van der Waals surface area contributed by atoms with Crippen LogP contribution in [0, 0.1) is 18.6 Å². The number of ether oxygens (including phenoxy) is 1. The number of anilines is 1. The van der Waals surface area contributed by atoms with Gasteiger partial charge in [-0.05, 0) is 26.0 Å². The molecule has 0 spiro atoms. The van der Waals surface area contributed by atoms with Gasteiger partial charge in [-0.15, -0.1) is 0 Å². The first-order valence-corrected chi connectivity index (χ1v) is 7.63. The summed E-state index contributed by atoms with van der Waals surface area (Å²) in [4.78, 5) is 24.4.